The molecule has 2 amide bonds. The summed E-state index contributed by atoms with van der Waals surface area (Å²) in [5.74, 6) is -0.948. The van der Waals surface area contributed by atoms with E-state index in [0.717, 1.165) is 5.56 Å². The van der Waals surface area contributed by atoms with Crippen LogP contribution < -0.4 is 16.2 Å². The Labute approximate surface area is 154 Å². The number of fused-ring (bicyclic) bond motifs is 1. The van der Waals surface area contributed by atoms with Crippen LogP contribution in [0.4, 0.5) is 11.5 Å². The van der Waals surface area contributed by atoms with E-state index in [1.807, 2.05) is 25.1 Å². The highest BCUT2D eigenvalue weighted by atomic mass is 32.2. The summed E-state index contributed by atoms with van der Waals surface area (Å²) in [5, 5.41) is 5.76. The zero-order valence-corrected chi connectivity index (χ0v) is 15.0. The van der Waals surface area contributed by atoms with Crippen molar-refractivity contribution in [3.8, 4) is 0 Å². The molecule has 0 saturated heterocycles. The number of hydrogen-bond donors (Lipinski definition) is 3. The molecule has 3 N–H and O–H groups in total. The lowest BCUT2D eigenvalue weighted by atomic mass is 9.92. The second-order valence-corrected chi connectivity index (χ2v) is 6.85. The standard InChI is InChI=1S/C18H18N4O3S/c1-3-8-26-18-21-15-14(17(25)22-18)11(9-13(23)20-15)16(24)19-12-7-5-4-6-10(12)2/h3-7,11H,1,8-9H2,2H3,(H,19,24)(H2,20,21,22,23,25). The lowest BCUT2D eigenvalue weighted by molar-refractivity contribution is -0.123. The van der Waals surface area contributed by atoms with Crippen LogP contribution >= 0.6 is 11.8 Å². The number of H-pyrrole nitrogens is 1. The van der Waals surface area contributed by atoms with Crippen LogP contribution in [0.3, 0.4) is 0 Å². The average molecular weight is 370 g/mol. The molecule has 7 nitrogen and oxygen atoms in total. The summed E-state index contributed by atoms with van der Waals surface area (Å²) < 4.78 is 0. The van der Waals surface area contributed by atoms with E-state index in [-0.39, 0.29) is 23.7 Å². The van der Waals surface area contributed by atoms with Crippen LogP contribution in [0.1, 0.15) is 23.5 Å². The number of para-hydroxylation sites is 1. The Morgan fingerprint density at radius 2 is 2.19 bits per heavy atom. The molecule has 134 valence electrons. The minimum absolute atomic E-state index is 0.103. The van der Waals surface area contributed by atoms with Crippen molar-refractivity contribution in [2.75, 3.05) is 16.4 Å². The van der Waals surface area contributed by atoms with Gasteiger partial charge in [-0.15, -0.1) is 6.58 Å². The van der Waals surface area contributed by atoms with Crippen molar-refractivity contribution in [1.82, 2.24) is 9.97 Å². The van der Waals surface area contributed by atoms with Crippen LogP contribution in [0.5, 0.6) is 0 Å². The predicted molar refractivity (Wildman–Crippen MR) is 102 cm³/mol. The molecule has 0 saturated carbocycles. The van der Waals surface area contributed by atoms with Crippen molar-refractivity contribution in [2.45, 2.75) is 24.4 Å². The highest BCUT2D eigenvalue weighted by Gasteiger charge is 2.34. The monoisotopic (exact) mass is 370 g/mol. The van der Waals surface area contributed by atoms with Gasteiger partial charge in [-0.3, -0.25) is 14.4 Å². The summed E-state index contributed by atoms with van der Waals surface area (Å²) in [6.45, 7) is 5.49. The molecular formula is C18H18N4O3S. The number of aromatic amines is 1. The van der Waals surface area contributed by atoms with Crippen molar-refractivity contribution >= 4 is 35.1 Å². The minimum atomic E-state index is -0.895. The summed E-state index contributed by atoms with van der Waals surface area (Å²) >= 11 is 1.29. The van der Waals surface area contributed by atoms with Gasteiger partial charge in [-0.05, 0) is 18.6 Å². The summed E-state index contributed by atoms with van der Waals surface area (Å²) in [6, 6.07) is 7.32. The van der Waals surface area contributed by atoms with Crippen molar-refractivity contribution in [1.29, 1.82) is 0 Å². The van der Waals surface area contributed by atoms with E-state index < -0.39 is 17.4 Å². The number of aryl methyl sites for hydroxylation is 1. The van der Waals surface area contributed by atoms with E-state index >= 15 is 0 Å². The zero-order valence-electron chi connectivity index (χ0n) is 14.2. The normalized spacial score (nSPS) is 15.7. The molecule has 3 rings (SSSR count). The van der Waals surface area contributed by atoms with Gasteiger partial charge >= 0.3 is 0 Å². The smallest absolute Gasteiger partial charge is 0.257 e. The van der Waals surface area contributed by atoms with Gasteiger partial charge in [0.05, 0.1) is 11.5 Å². The molecule has 2 aromatic rings. The van der Waals surface area contributed by atoms with E-state index in [2.05, 4.69) is 27.2 Å². The number of rotatable bonds is 5. The van der Waals surface area contributed by atoms with Gasteiger partial charge in [-0.2, -0.15) is 0 Å². The van der Waals surface area contributed by atoms with Crippen molar-refractivity contribution < 1.29 is 9.59 Å². The molecule has 0 spiro atoms. The Kier molecular flexibility index (Phi) is 5.22. The van der Waals surface area contributed by atoms with E-state index in [4.69, 9.17) is 0 Å². The first-order valence-electron chi connectivity index (χ1n) is 8.04. The number of carbonyl (C=O) groups excluding carboxylic acids is 2. The topological polar surface area (TPSA) is 104 Å². The van der Waals surface area contributed by atoms with Gasteiger partial charge in [0.2, 0.25) is 11.8 Å². The fourth-order valence-corrected chi connectivity index (χ4v) is 3.31. The molecule has 1 aliphatic heterocycles. The van der Waals surface area contributed by atoms with Gasteiger partial charge in [0, 0.05) is 17.9 Å². The maximum Gasteiger partial charge on any atom is 0.257 e. The number of aromatic nitrogens is 2. The van der Waals surface area contributed by atoms with Gasteiger partial charge < -0.3 is 15.6 Å². The van der Waals surface area contributed by atoms with Crippen molar-refractivity contribution in [3.63, 3.8) is 0 Å². The Morgan fingerprint density at radius 1 is 1.42 bits per heavy atom. The first kappa shape index (κ1) is 17.9. The third-order valence-electron chi connectivity index (χ3n) is 3.99. The zero-order chi connectivity index (χ0) is 18.7. The largest absolute Gasteiger partial charge is 0.325 e. The lowest BCUT2D eigenvalue weighted by Gasteiger charge is -2.23. The second-order valence-electron chi connectivity index (χ2n) is 5.84. The molecule has 1 aromatic carbocycles. The Morgan fingerprint density at radius 3 is 2.92 bits per heavy atom. The molecule has 1 unspecified atom stereocenters. The number of benzene rings is 1. The number of carbonyl (C=O) groups is 2. The number of amides is 2. The van der Waals surface area contributed by atoms with Gasteiger partial charge in [-0.1, -0.05) is 36.0 Å². The molecule has 2 heterocycles. The first-order chi connectivity index (χ1) is 12.5. The molecule has 0 aliphatic carbocycles. The molecule has 1 aromatic heterocycles. The van der Waals surface area contributed by atoms with E-state index in [0.29, 0.717) is 16.6 Å². The maximum absolute atomic E-state index is 12.7. The number of nitrogens with zero attached hydrogens (tertiary/aromatic N) is 1. The van der Waals surface area contributed by atoms with Crippen LogP contribution in [0.2, 0.25) is 0 Å². The lowest BCUT2D eigenvalue weighted by Crippen LogP contribution is -2.36. The summed E-state index contributed by atoms with van der Waals surface area (Å²) in [7, 11) is 0. The van der Waals surface area contributed by atoms with Gasteiger partial charge in [-0.25, -0.2) is 4.98 Å². The molecule has 0 radical (unpaired) electrons. The molecular weight excluding hydrogens is 352 g/mol. The van der Waals surface area contributed by atoms with Crippen molar-refractivity contribution in [2.24, 2.45) is 0 Å². The average Bonchev–Trinajstić information content (AvgIpc) is 2.60. The molecule has 0 fully saturated rings. The van der Waals surface area contributed by atoms with Gasteiger partial charge in [0.1, 0.15) is 5.82 Å². The van der Waals surface area contributed by atoms with Gasteiger partial charge in [0.15, 0.2) is 5.16 Å². The third-order valence-corrected chi connectivity index (χ3v) is 4.86. The highest BCUT2D eigenvalue weighted by molar-refractivity contribution is 7.99. The second kappa shape index (κ2) is 7.57. The van der Waals surface area contributed by atoms with Crippen LogP contribution in [-0.4, -0.2) is 27.5 Å². The van der Waals surface area contributed by atoms with Crippen LogP contribution in [-0.2, 0) is 9.59 Å². The highest BCUT2D eigenvalue weighted by Crippen LogP contribution is 2.30. The maximum atomic E-state index is 12.7. The molecule has 1 atom stereocenters. The quantitative estimate of drug-likeness (QED) is 0.426. The van der Waals surface area contributed by atoms with Crippen LogP contribution in [0.25, 0.3) is 0 Å². The summed E-state index contributed by atoms with van der Waals surface area (Å²) in [6.07, 6.45) is 1.58. The Bertz CT molecular complexity index is 938. The SMILES string of the molecule is C=CCSc1nc2c(c(=O)[nH]1)C(C(=O)Nc1ccccc1C)CC(=O)N2. The Hall–Kier alpha value is -2.87. The number of nitrogens with one attached hydrogen (secondary N) is 3. The molecule has 26 heavy (non-hydrogen) atoms. The number of thioether (sulfide) groups is 1. The summed E-state index contributed by atoms with van der Waals surface area (Å²) in [4.78, 5) is 44.2. The van der Waals surface area contributed by atoms with Crippen molar-refractivity contribution in [3.05, 3.63) is 58.4 Å². The third kappa shape index (κ3) is 3.70. The molecule has 8 heteroatoms. The fraction of sp³-hybridized carbons (Fsp3) is 0.222. The van der Waals surface area contributed by atoms with E-state index in [9.17, 15) is 14.4 Å². The number of anilines is 2. The molecule has 1 aliphatic rings. The Balaban J connectivity index is 1.94. The minimum Gasteiger partial charge on any atom is -0.325 e. The number of hydrogen-bond acceptors (Lipinski definition) is 5. The summed E-state index contributed by atoms with van der Waals surface area (Å²) in [5.41, 5.74) is 1.29. The first-order valence-corrected chi connectivity index (χ1v) is 9.02. The van der Waals surface area contributed by atoms with Crippen LogP contribution in [0, 0.1) is 6.92 Å². The van der Waals surface area contributed by atoms with Gasteiger partial charge in [0.25, 0.3) is 5.56 Å². The van der Waals surface area contributed by atoms with E-state index in [1.54, 1.807) is 12.1 Å². The van der Waals surface area contributed by atoms with E-state index in [1.165, 1.54) is 11.8 Å². The fourth-order valence-electron chi connectivity index (χ4n) is 2.71. The predicted octanol–water partition coefficient (Wildman–Crippen LogP) is 2.42. The molecule has 0 bridgehead atoms. The van der Waals surface area contributed by atoms with Crippen LogP contribution in [0.15, 0.2) is 46.9 Å².